The van der Waals surface area contributed by atoms with Crippen LogP contribution in [-0.4, -0.2) is 44.7 Å². The largest absolute Gasteiger partial charge is 0.494 e. The number of hydrogen-bond donors (Lipinski definition) is 5. The molecule has 0 saturated carbocycles. The van der Waals surface area contributed by atoms with E-state index >= 15 is 0 Å². The molecule has 31 heavy (non-hydrogen) atoms. The second-order valence-electron chi connectivity index (χ2n) is 6.38. The van der Waals surface area contributed by atoms with Gasteiger partial charge in [-0.3, -0.25) is 15.0 Å². The highest BCUT2D eigenvalue weighted by Gasteiger charge is 2.25. The molecule has 0 bridgehead atoms. The number of carboxylic acids is 1. The summed E-state index contributed by atoms with van der Waals surface area (Å²) < 4.78 is 32.7. The third-order valence-electron chi connectivity index (χ3n) is 3.92. The summed E-state index contributed by atoms with van der Waals surface area (Å²) in [5.74, 6) is -1.01. The molecule has 2 aromatic rings. The van der Waals surface area contributed by atoms with Gasteiger partial charge in [0.15, 0.2) is 0 Å². The van der Waals surface area contributed by atoms with Crippen molar-refractivity contribution in [2.45, 2.75) is 23.8 Å². The number of nitrogens with one attached hydrogen (secondary N) is 3. The van der Waals surface area contributed by atoms with Crippen LogP contribution in [0.3, 0.4) is 0 Å². The maximum atomic E-state index is 12.5. The number of nitrogens with two attached hydrogens (primary N) is 1. The standard InChI is InChI=1S/C19H23ClN4O6S/c20-14-4-8-16(9-5-14)31(27,28)24-17(18(25)26)12-13-2-6-15(7-3-13)29-10-1-11-30-23-19(21)22/h2-9,17,24H,1,10-12H2,(H,25,26)(H4,21,22,23)/t17-/m0/s1. The van der Waals surface area contributed by atoms with Gasteiger partial charge in [-0.2, -0.15) is 4.72 Å². The van der Waals surface area contributed by atoms with E-state index in [0.29, 0.717) is 36.0 Å². The number of benzene rings is 2. The molecular weight excluding hydrogens is 448 g/mol. The van der Waals surface area contributed by atoms with E-state index in [-0.39, 0.29) is 17.3 Å². The lowest BCUT2D eigenvalue weighted by Gasteiger charge is -2.15. The van der Waals surface area contributed by atoms with Gasteiger partial charge < -0.3 is 15.6 Å². The summed E-state index contributed by atoms with van der Waals surface area (Å²) in [7, 11) is -4.03. The molecule has 0 unspecified atom stereocenters. The summed E-state index contributed by atoms with van der Waals surface area (Å²) in [5, 5.41) is 16.8. The number of sulfonamides is 1. The second-order valence-corrected chi connectivity index (χ2v) is 8.53. The lowest BCUT2D eigenvalue weighted by molar-refractivity contribution is -0.138. The minimum atomic E-state index is -4.03. The topological polar surface area (TPSA) is 164 Å². The SMILES string of the molecule is N=C(N)NOCCCOc1ccc(C[C@H](NS(=O)(=O)c2ccc(Cl)cc2)C(=O)O)cc1. The summed E-state index contributed by atoms with van der Waals surface area (Å²) in [6.07, 6.45) is 0.503. The Kier molecular flexibility index (Phi) is 9.06. The van der Waals surface area contributed by atoms with Crippen molar-refractivity contribution in [2.24, 2.45) is 5.73 Å². The van der Waals surface area contributed by atoms with E-state index in [1.807, 2.05) is 0 Å². The van der Waals surface area contributed by atoms with Gasteiger partial charge in [-0.1, -0.05) is 23.7 Å². The molecule has 6 N–H and O–H groups in total. The molecule has 0 radical (unpaired) electrons. The maximum Gasteiger partial charge on any atom is 0.322 e. The van der Waals surface area contributed by atoms with Crippen molar-refractivity contribution in [3.8, 4) is 5.75 Å². The summed E-state index contributed by atoms with van der Waals surface area (Å²) in [6.45, 7) is 0.656. The Hall–Kier alpha value is -2.86. The molecule has 2 aromatic carbocycles. The first-order valence-corrected chi connectivity index (χ1v) is 11.0. The summed E-state index contributed by atoms with van der Waals surface area (Å²) in [6, 6.07) is 10.7. The molecule has 0 saturated heterocycles. The number of halogens is 1. The molecule has 0 spiro atoms. The van der Waals surface area contributed by atoms with Crippen LogP contribution in [0.2, 0.25) is 5.02 Å². The monoisotopic (exact) mass is 470 g/mol. The van der Waals surface area contributed by atoms with Gasteiger partial charge in [-0.25, -0.2) is 13.9 Å². The Bertz CT molecular complexity index is 983. The fourth-order valence-electron chi connectivity index (χ4n) is 2.46. The van der Waals surface area contributed by atoms with Gasteiger partial charge >= 0.3 is 5.97 Å². The van der Waals surface area contributed by atoms with Crippen LogP contribution in [-0.2, 0) is 26.1 Å². The number of carbonyl (C=O) groups is 1. The average Bonchev–Trinajstić information content (AvgIpc) is 2.71. The van der Waals surface area contributed by atoms with E-state index in [4.69, 9.17) is 32.3 Å². The molecule has 0 heterocycles. The van der Waals surface area contributed by atoms with Crippen molar-refractivity contribution in [2.75, 3.05) is 13.2 Å². The van der Waals surface area contributed by atoms with Crippen molar-refractivity contribution in [3.63, 3.8) is 0 Å². The average molecular weight is 471 g/mol. The molecule has 0 amide bonds. The van der Waals surface area contributed by atoms with Crippen molar-refractivity contribution in [1.29, 1.82) is 5.41 Å². The number of rotatable bonds is 12. The Morgan fingerprint density at radius 1 is 1.13 bits per heavy atom. The zero-order chi connectivity index (χ0) is 22.9. The molecule has 1 atom stereocenters. The van der Waals surface area contributed by atoms with Crippen molar-refractivity contribution < 1.29 is 27.9 Å². The number of carboxylic acid groups (broad SMARTS) is 1. The van der Waals surface area contributed by atoms with Gasteiger partial charge in [0.05, 0.1) is 18.1 Å². The lowest BCUT2D eigenvalue weighted by Crippen LogP contribution is -2.42. The summed E-state index contributed by atoms with van der Waals surface area (Å²) >= 11 is 5.76. The summed E-state index contributed by atoms with van der Waals surface area (Å²) in [5.41, 5.74) is 7.90. The smallest absolute Gasteiger partial charge is 0.322 e. The molecule has 2 rings (SSSR count). The van der Waals surface area contributed by atoms with Crippen LogP contribution in [0.15, 0.2) is 53.4 Å². The lowest BCUT2D eigenvalue weighted by atomic mass is 10.1. The van der Waals surface area contributed by atoms with E-state index < -0.39 is 22.0 Å². The van der Waals surface area contributed by atoms with Crippen LogP contribution in [0.25, 0.3) is 0 Å². The first-order valence-electron chi connectivity index (χ1n) is 9.11. The van der Waals surface area contributed by atoms with E-state index in [0.717, 1.165) is 0 Å². The Morgan fingerprint density at radius 2 is 1.77 bits per heavy atom. The molecule has 12 heteroatoms. The summed E-state index contributed by atoms with van der Waals surface area (Å²) in [4.78, 5) is 16.4. The van der Waals surface area contributed by atoms with E-state index in [1.54, 1.807) is 24.3 Å². The van der Waals surface area contributed by atoms with Crippen LogP contribution in [0.5, 0.6) is 5.75 Å². The van der Waals surface area contributed by atoms with E-state index in [1.165, 1.54) is 24.3 Å². The second kappa shape index (κ2) is 11.5. The van der Waals surface area contributed by atoms with Gasteiger partial charge in [0.25, 0.3) is 0 Å². The molecule has 0 aliphatic carbocycles. The van der Waals surface area contributed by atoms with Crippen molar-refractivity contribution in [1.82, 2.24) is 10.2 Å². The minimum absolute atomic E-state index is 0.0486. The third-order valence-corrected chi connectivity index (χ3v) is 5.66. The van der Waals surface area contributed by atoms with Gasteiger partial charge in [-0.15, -0.1) is 0 Å². The highest BCUT2D eigenvalue weighted by molar-refractivity contribution is 7.89. The van der Waals surface area contributed by atoms with Crippen LogP contribution in [0, 0.1) is 5.41 Å². The van der Waals surface area contributed by atoms with Crippen LogP contribution in [0.4, 0.5) is 0 Å². The number of hydroxylamine groups is 1. The number of ether oxygens (including phenoxy) is 1. The zero-order valence-electron chi connectivity index (χ0n) is 16.4. The van der Waals surface area contributed by atoms with E-state index in [2.05, 4.69) is 10.2 Å². The Labute approximate surface area is 184 Å². The molecular formula is C19H23ClN4O6S. The fraction of sp³-hybridized carbons (Fsp3) is 0.263. The molecule has 168 valence electrons. The predicted octanol–water partition coefficient (Wildman–Crippen LogP) is 1.50. The van der Waals surface area contributed by atoms with Crippen LogP contribution < -0.4 is 20.7 Å². The van der Waals surface area contributed by atoms with Gasteiger partial charge in [0, 0.05) is 11.4 Å². The first kappa shape index (κ1) is 24.4. The molecule has 0 fully saturated rings. The van der Waals surface area contributed by atoms with Crippen molar-refractivity contribution in [3.05, 3.63) is 59.1 Å². The van der Waals surface area contributed by atoms with Gasteiger partial charge in [0.1, 0.15) is 11.8 Å². The maximum absolute atomic E-state index is 12.5. The quantitative estimate of drug-likeness (QED) is 0.135. The zero-order valence-corrected chi connectivity index (χ0v) is 17.9. The van der Waals surface area contributed by atoms with Crippen LogP contribution in [0.1, 0.15) is 12.0 Å². The highest BCUT2D eigenvalue weighted by Crippen LogP contribution is 2.17. The highest BCUT2D eigenvalue weighted by atomic mass is 35.5. The van der Waals surface area contributed by atoms with Gasteiger partial charge in [-0.05, 0) is 48.4 Å². The van der Waals surface area contributed by atoms with Gasteiger partial charge in [0.2, 0.25) is 16.0 Å². The molecule has 0 aromatic heterocycles. The molecule has 10 nitrogen and oxygen atoms in total. The number of aliphatic carboxylic acids is 1. The molecule has 0 aliphatic heterocycles. The molecule has 0 aliphatic rings. The normalized spacial score (nSPS) is 12.2. The Morgan fingerprint density at radius 3 is 2.35 bits per heavy atom. The number of guanidine groups is 1. The van der Waals surface area contributed by atoms with Crippen LogP contribution >= 0.6 is 11.6 Å². The predicted molar refractivity (Wildman–Crippen MR) is 114 cm³/mol. The van der Waals surface area contributed by atoms with Crippen molar-refractivity contribution >= 4 is 33.6 Å². The van der Waals surface area contributed by atoms with E-state index in [9.17, 15) is 18.3 Å². The fourth-order valence-corrected chi connectivity index (χ4v) is 3.77. The minimum Gasteiger partial charge on any atom is -0.494 e. The Balaban J connectivity index is 1.90. The third kappa shape index (κ3) is 8.42. The first-order chi connectivity index (χ1) is 14.7. The number of hydrogen-bond acceptors (Lipinski definition) is 6.